The number of carbonyl (C=O) groups excluding carboxylic acids is 2. The van der Waals surface area contributed by atoms with Crippen molar-refractivity contribution in [1.29, 1.82) is 0 Å². The summed E-state index contributed by atoms with van der Waals surface area (Å²) in [6, 6.07) is 7.94. The van der Waals surface area contributed by atoms with E-state index in [0.29, 0.717) is 17.9 Å². The van der Waals surface area contributed by atoms with Gasteiger partial charge in [-0.15, -0.1) is 0 Å². The summed E-state index contributed by atoms with van der Waals surface area (Å²) >= 11 is 0. The molecule has 2 amide bonds. The van der Waals surface area contributed by atoms with Crippen molar-refractivity contribution in [2.45, 2.75) is 13.3 Å². The number of fused-ring (bicyclic) bond motifs is 1. The average Bonchev–Trinajstić information content (AvgIpc) is 2.74. The normalized spacial score (nSPS) is 10.8. The molecule has 0 radical (unpaired) electrons. The standard InChI is InChI=1S/C20H17F3N4O3/c1-2-9-27(10-15(28)24-14-8-7-13(21)16(22)17(14)23)20(30)18-11-5-3-4-6-12(11)19(29)26-25-18/h3-8H,2,9-10H2,1H3,(H,24,28)(H,26,29). The van der Waals surface area contributed by atoms with Crippen LogP contribution in [0.25, 0.3) is 10.8 Å². The van der Waals surface area contributed by atoms with Crippen LogP contribution in [0.5, 0.6) is 0 Å². The molecule has 1 heterocycles. The molecule has 0 saturated heterocycles. The summed E-state index contributed by atoms with van der Waals surface area (Å²) in [4.78, 5) is 38.4. The fourth-order valence-corrected chi connectivity index (χ4v) is 2.94. The first-order valence-electron chi connectivity index (χ1n) is 9.03. The molecule has 0 saturated carbocycles. The molecule has 0 aliphatic rings. The Morgan fingerprint density at radius 2 is 1.77 bits per heavy atom. The third kappa shape index (κ3) is 4.17. The van der Waals surface area contributed by atoms with E-state index in [0.717, 1.165) is 6.07 Å². The minimum absolute atomic E-state index is 0.0505. The van der Waals surface area contributed by atoms with Crippen molar-refractivity contribution < 1.29 is 22.8 Å². The maximum Gasteiger partial charge on any atom is 0.275 e. The maximum atomic E-state index is 13.8. The molecule has 1 aromatic heterocycles. The summed E-state index contributed by atoms with van der Waals surface area (Å²) in [6.45, 7) is 1.47. The molecule has 2 N–H and O–H groups in total. The zero-order valence-corrected chi connectivity index (χ0v) is 15.8. The molecule has 0 bridgehead atoms. The molecule has 0 spiro atoms. The van der Waals surface area contributed by atoms with Gasteiger partial charge < -0.3 is 10.2 Å². The van der Waals surface area contributed by atoms with Crippen molar-refractivity contribution in [2.24, 2.45) is 0 Å². The minimum Gasteiger partial charge on any atom is -0.328 e. The minimum atomic E-state index is -1.71. The van der Waals surface area contributed by atoms with Crippen LogP contribution < -0.4 is 10.9 Å². The van der Waals surface area contributed by atoms with Crippen LogP contribution in [0.3, 0.4) is 0 Å². The molecule has 3 aromatic rings. The maximum absolute atomic E-state index is 13.8. The molecule has 7 nitrogen and oxygen atoms in total. The molecular weight excluding hydrogens is 401 g/mol. The average molecular weight is 418 g/mol. The molecule has 0 aliphatic carbocycles. The number of hydrogen-bond acceptors (Lipinski definition) is 4. The van der Waals surface area contributed by atoms with Gasteiger partial charge in [0.15, 0.2) is 23.1 Å². The Bertz CT molecular complexity index is 1180. The van der Waals surface area contributed by atoms with E-state index in [1.807, 2.05) is 0 Å². The molecule has 10 heteroatoms. The van der Waals surface area contributed by atoms with E-state index in [1.165, 1.54) is 11.0 Å². The smallest absolute Gasteiger partial charge is 0.275 e. The number of amides is 2. The lowest BCUT2D eigenvalue weighted by molar-refractivity contribution is -0.116. The molecule has 30 heavy (non-hydrogen) atoms. The quantitative estimate of drug-likeness (QED) is 0.602. The Balaban J connectivity index is 1.85. The summed E-state index contributed by atoms with van der Waals surface area (Å²) in [7, 11) is 0. The Morgan fingerprint density at radius 3 is 2.47 bits per heavy atom. The number of aromatic nitrogens is 2. The highest BCUT2D eigenvalue weighted by Gasteiger charge is 2.23. The van der Waals surface area contributed by atoms with Crippen LogP contribution in [-0.4, -0.2) is 40.0 Å². The first kappa shape index (κ1) is 21.0. The fraction of sp³-hybridized carbons (Fsp3) is 0.200. The topological polar surface area (TPSA) is 95.2 Å². The van der Waals surface area contributed by atoms with Gasteiger partial charge in [0, 0.05) is 11.9 Å². The first-order valence-corrected chi connectivity index (χ1v) is 9.03. The predicted molar refractivity (Wildman–Crippen MR) is 104 cm³/mol. The van der Waals surface area contributed by atoms with E-state index in [1.54, 1.807) is 25.1 Å². The van der Waals surface area contributed by atoms with Crippen molar-refractivity contribution >= 4 is 28.3 Å². The molecular formula is C20H17F3N4O3. The third-order valence-corrected chi connectivity index (χ3v) is 4.32. The van der Waals surface area contributed by atoms with Crippen LogP contribution in [0.15, 0.2) is 41.2 Å². The Morgan fingerprint density at radius 1 is 1.07 bits per heavy atom. The number of benzene rings is 2. The zero-order valence-electron chi connectivity index (χ0n) is 15.8. The van der Waals surface area contributed by atoms with Gasteiger partial charge in [0.2, 0.25) is 5.91 Å². The van der Waals surface area contributed by atoms with Crippen molar-refractivity contribution in [3.63, 3.8) is 0 Å². The van der Waals surface area contributed by atoms with E-state index < -0.39 is 47.1 Å². The number of halogens is 3. The lowest BCUT2D eigenvalue weighted by Gasteiger charge is -2.21. The highest BCUT2D eigenvalue weighted by atomic mass is 19.2. The van der Waals surface area contributed by atoms with E-state index in [4.69, 9.17) is 0 Å². The van der Waals surface area contributed by atoms with Gasteiger partial charge in [-0.3, -0.25) is 14.4 Å². The van der Waals surface area contributed by atoms with Crippen molar-refractivity contribution in [1.82, 2.24) is 15.1 Å². The van der Waals surface area contributed by atoms with Gasteiger partial charge >= 0.3 is 0 Å². The van der Waals surface area contributed by atoms with E-state index >= 15 is 0 Å². The lowest BCUT2D eigenvalue weighted by atomic mass is 10.1. The molecule has 0 aliphatic heterocycles. The van der Waals surface area contributed by atoms with Gasteiger partial charge in [0.05, 0.1) is 11.1 Å². The first-order chi connectivity index (χ1) is 14.3. The Kier molecular flexibility index (Phi) is 6.14. The molecule has 3 rings (SSSR count). The number of rotatable bonds is 6. The van der Waals surface area contributed by atoms with Gasteiger partial charge in [0.25, 0.3) is 11.5 Å². The highest BCUT2D eigenvalue weighted by molar-refractivity contribution is 6.06. The third-order valence-electron chi connectivity index (χ3n) is 4.32. The van der Waals surface area contributed by atoms with Crippen LogP contribution in [0.4, 0.5) is 18.9 Å². The summed E-state index contributed by atoms with van der Waals surface area (Å²) in [5, 5.41) is 8.79. The van der Waals surface area contributed by atoms with Crippen molar-refractivity contribution in [3.8, 4) is 0 Å². The van der Waals surface area contributed by atoms with E-state index in [9.17, 15) is 27.6 Å². The summed E-state index contributed by atoms with van der Waals surface area (Å²) in [5.74, 6) is -6.06. The van der Waals surface area contributed by atoms with Crippen LogP contribution in [-0.2, 0) is 4.79 Å². The molecule has 0 fully saturated rings. The fourth-order valence-electron chi connectivity index (χ4n) is 2.94. The number of hydrogen-bond donors (Lipinski definition) is 2. The van der Waals surface area contributed by atoms with Crippen LogP contribution >= 0.6 is 0 Å². The van der Waals surface area contributed by atoms with Gasteiger partial charge in [-0.25, -0.2) is 18.3 Å². The largest absolute Gasteiger partial charge is 0.328 e. The number of nitrogens with one attached hydrogen (secondary N) is 2. The molecule has 156 valence electrons. The molecule has 2 aromatic carbocycles. The van der Waals surface area contributed by atoms with Crippen LogP contribution in [0.1, 0.15) is 23.8 Å². The predicted octanol–water partition coefficient (Wildman–Crippen LogP) is 2.83. The highest BCUT2D eigenvalue weighted by Crippen LogP contribution is 2.20. The second-order valence-corrected chi connectivity index (χ2v) is 6.44. The van der Waals surface area contributed by atoms with Crippen LogP contribution in [0.2, 0.25) is 0 Å². The van der Waals surface area contributed by atoms with Gasteiger partial charge in [-0.05, 0) is 24.6 Å². The monoisotopic (exact) mass is 418 g/mol. The summed E-state index contributed by atoms with van der Waals surface area (Å²) in [6.07, 6.45) is 0.500. The lowest BCUT2D eigenvalue weighted by Crippen LogP contribution is -2.39. The SMILES string of the molecule is CCCN(CC(=O)Nc1ccc(F)c(F)c1F)C(=O)c1n[nH]c(=O)c2ccccc12. The molecule has 0 unspecified atom stereocenters. The second kappa shape index (κ2) is 8.76. The number of aromatic amines is 1. The Hall–Kier alpha value is -3.69. The number of H-pyrrole nitrogens is 1. The van der Waals surface area contributed by atoms with E-state index in [-0.39, 0.29) is 17.6 Å². The number of anilines is 1. The zero-order chi connectivity index (χ0) is 21.8. The van der Waals surface area contributed by atoms with Crippen molar-refractivity contribution in [3.05, 3.63) is 69.9 Å². The number of nitrogens with zero attached hydrogens (tertiary/aromatic N) is 2. The summed E-state index contributed by atoms with van der Waals surface area (Å²) in [5.41, 5.74) is -1.06. The Labute approximate surface area is 168 Å². The summed E-state index contributed by atoms with van der Waals surface area (Å²) < 4.78 is 40.2. The van der Waals surface area contributed by atoms with Crippen molar-refractivity contribution in [2.75, 3.05) is 18.4 Å². The van der Waals surface area contributed by atoms with E-state index in [2.05, 4.69) is 15.5 Å². The molecule has 0 atom stereocenters. The van der Waals surface area contributed by atoms with Gasteiger partial charge in [0.1, 0.15) is 6.54 Å². The number of carbonyl (C=O) groups is 2. The second-order valence-electron chi connectivity index (χ2n) is 6.44. The van der Waals surface area contributed by atoms with Gasteiger partial charge in [-0.2, -0.15) is 5.10 Å². The van der Waals surface area contributed by atoms with Gasteiger partial charge in [-0.1, -0.05) is 25.1 Å². The van der Waals surface area contributed by atoms with Crippen LogP contribution in [0, 0.1) is 17.5 Å².